The molecule has 0 aliphatic heterocycles. The van der Waals surface area contributed by atoms with Gasteiger partial charge in [0.25, 0.3) is 0 Å². The second-order valence-corrected chi connectivity index (χ2v) is 6.20. The van der Waals surface area contributed by atoms with Crippen molar-refractivity contribution in [3.8, 4) is 0 Å². The van der Waals surface area contributed by atoms with Crippen molar-refractivity contribution >= 4 is 0 Å². The maximum absolute atomic E-state index is 13.3. The van der Waals surface area contributed by atoms with Gasteiger partial charge in [-0.1, -0.05) is 62.8 Å². The van der Waals surface area contributed by atoms with Gasteiger partial charge in [0.15, 0.2) is 0 Å². The van der Waals surface area contributed by atoms with E-state index in [1.165, 1.54) is 56.2 Å². The highest BCUT2D eigenvalue weighted by Gasteiger charge is 2.13. The van der Waals surface area contributed by atoms with E-state index in [4.69, 9.17) is 0 Å². The zero-order chi connectivity index (χ0) is 15.8. The van der Waals surface area contributed by atoms with E-state index in [2.05, 4.69) is 25.2 Å². The van der Waals surface area contributed by atoms with E-state index in [0.29, 0.717) is 0 Å². The number of rotatable bonds is 8. The molecule has 0 radical (unpaired) electrons. The summed E-state index contributed by atoms with van der Waals surface area (Å²) in [7, 11) is 0. The minimum Gasteiger partial charge on any atom is -0.207 e. The van der Waals surface area contributed by atoms with Gasteiger partial charge in [0.1, 0.15) is 11.6 Å². The van der Waals surface area contributed by atoms with Crippen LogP contribution >= 0.6 is 0 Å². The van der Waals surface area contributed by atoms with Gasteiger partial charge in [0.05, 0.1) is 0 Å². The molecule has 0 N–H and O–H groups in total. The Morgan fingerprint density at radius 3 is 2.27 bits per heavy atom. The molecule has 2 rings (SSSR count). The molecule has 0 saturated carbocycles. The fourth-order valence-corrected chi connectivity index (χ4v) is 3.00. The van der Waals surface area contributed by atoms with Crippen LogP contribution in [0.4, 0.5) is 8.78 Å². The van der Waals surface area contributed by atoms with Crippen LogP contribution < -0.4 is 0 Å². The molecule has 0 heterocycles. The molecule has 1 aromatic carbocycles. The van der Waals surface area contributed by atoms with Crippen molar-refractivity contribution in [1.82, 2.24) is 0 Å². The summed E-state index contributed by atoms with van der Waals surface area (Å²) in [6.45, 7) is 2.23. The van der Waals surface area contributed by atoms with Gasteiger partial charge in [-0.15, -0.1) is 0 Å². The highest BCUT2D eigenvalue weighted by molar-refractivity contribution is 5.33. The first-order valence-corrected chi connectivity index (χ1v) is 8.52. The molecule has 1 atom stereocenters. The van der Waals surface area contributed by atoms with Crippen LogP contribution in [0.5, 0.6) is 0 Å². The number of halogens is 2. The summed E-state index contributed by atoms with van der Waals surface area (Å²) in [4.78, 5) is 0. The summed E-state index contributed by atoms with van der Waals surface area (Å²) in [5, 5.41) is 0. The van der Waals surface area contributed by atoms with Crippen molar-refractivity contribution in [2.75, 3.05) is 0 Å². The lowest BCUT2D eigenvalue weighted by Gasteiger charge is -2.17. The fourth-order valence-electron chi connectivity index (χ4n) is 3.00. The average molecular weight is 304 g/mol. The van der Waals surface area contributed by atoms with Crippen molar-refractivity contribution in [1.29, 1.82) is 0 Å². The van der Waals surface area contributed by atoms with E-state index >= 15 is 0 Å². The molecule has 120 valence electrons. The van der Waals surface area contributed by atoms with Crippen LogP contribution in [0, 0.1) is 11.6 Å². The predicted octanol–water partition coefficient (Wildman–Crippen LogP) is 6.69. The molecule has 0 spiro atoms. The van der Waals surface area contributed by atoms with Crippen LogP contribution in [0.25, 0.3) is 0 Å². The summed E-state index contributed by atoms with van der Waals surface area (Å²) < 4.78 is 26.5. The van der Waals surface area contributed by atoms with Gasteiger partial charge in [-0.3, -0.25) is 0 Å². The third-order valence-corrected chi connectivity index (χ3v) is 4.31. The lowest BCUT2D eigenvalue weighted by atomic mass is 9.88. The van der Waals surface area contributed by atoms with E-state index in [0.717, 1.165) is 24.5 Å². The molecular formula is C20H26F2. The maximum atomic E-state index is 13.3. The van der Waals surface area contributed by atoms with Crippen molar-refractivity contribution in [3.63, 3.8) is 0 Å². The lowest BCUT2D eigenvalue weighted by molar-refractivity contribution is 0.577. The van der Waals surface area contributed by atoms with Crippen LogP contribution in [0.2, 0.25) is 0 Å². The van der Waals surface area contributed by atoms with Crippen LogP contribution in [-0.2, 0) is 0 Å². The van der Waals surface area contributed by atoms with Crippen LogP contribution in [0.3, 0.4) is 0 Å². The Bertz CT molecular complexity index is 508. The van der Waals surface area contributed by atoms with E-state index < -0.39 is 11.6 Å². The normalized spacial score (nSPS) is 17.6. The summed E-state index contributed by atoms with van der Waals surface area (Å²) >= 11 is 0. The molecule has 1 aliphatic rings. The molecule has 0 bridgehead atoms. The third kappa shape index (κ3) is 5.40. The molecular weight excluding hydrogens is 278 g/mol. The smallest absolute Gasteiger partial charge is 0.126 e. The molecule has 0 nitrogen and oxygen atoms in total. The number of hydrogen-bond donors (Lipinski definition) is 0. The molecule has 1 unspecified atom stereocenters. The fraction of sp³-hybridized carbons (Fsp3) is 0.500. The minimum absolute atomic E-state index is 0.0958. The number of unbranched alkanes of at least 4 members (excludes halogenated alkanes) is 5. The molecule has 22 heavy (non-hydrogen) atoms. The second kappa shape index (κ2) is 8.87. The van der Waals surface area contributed by atoms with Crippen molar-refractivity contribution in [2.24, 2.45) is 0 Å². The standard InChI is InChI=1S/C20H26F2/c1-2-3-4-5-6-7-8-16-9-11-17(12-10-16)18-13-19(21)15-20(22)14-18/h9-11,13-15,17H,2-8,12H2,1H3. The Hall–Kier alpha value is -1.44. The quantitative estimate of drug-likeness (QED) is 0.470. The summed E-state index contributed by atoms with van der Waals surface area (Å²) in [6, 6.07) is 3.80. The summed E-state index contributed by atoms with van der Waals surface area (Å²) in [5.41, 5.74) is 2.09. The molecule has 0 saturated heterocycles. The summed E-state index contributed by atoms with van der Waals surface area (Å²) in [6.07, 6.45) is 16.2. The monoisotopic (exact) mass is 304 g/mol. The first-order valence-electron chi connectivity index (χ1n) is 8.52. The van der Waals surface area contributed by atoms with Gasteiger partial charge in [-0.2, -0.15) is 0 Å². The highest BCUT2D eigenvalue weighted by Crippen LogP contribution is 2.29. The number of hydrogen-bond acceptors (Lipinski definition) is 0. The second-order valence-electron chi connectivity index (χ2n) is 6.20. The minimum atomic E-state index is -0.495. The Labute approximate surface area is 132 Å². The first-order chi connectivity index (χ1) is 10.7. The first kappa shape index (κ1) is 16.9. The van der Waals surface area contributed by atoms with Gasteiger partial charge in [-0.25, -0.2) is 8.78 Å². The Kier molecular flexibility index (Phi) is 6.82. The van der Waals surface area contributed by atoms with Crippen LogP contribution in [0.1, 0.15) is 69.8 Å². The summed E-state index contributed by atoms with van der Waals surface area (Å²) in [5.74, 6) is -0.894. The Balaban J connectivity index is 1.77. The number of benzene rings is 1. The van der Waals surface area contributed by atoms with Gasteiger partial charge < -0.3 is 0 Å². The maximum Gasteiger partial charge on any atom is 0.126 e. The largest absolute Gasteiger partial charge is 0.207 e. The van der Waals surface area contributed by atoms with Gasteiger partial charge in [-0.05, 0) is 37.0 Å². The van der Waals surface area contributed by atoms with Gasteiger partial charge >= 0.3 is 0 Å². The molecule has 0 aromatic heterocycles. The van der Waals surface area contributed by atoms with Gasteiger partial charge in [0, 0.05) is 12.0 Å². The molecule has 0 amide bonds. The molecule has 0 fully saturated rings. The average Bonchev–Trinajstić information content (AvgIpc) is 2.50. The van der Waals surface area contributed by atoms with E-state index in [1.807, 2.05) is 0 Å². The zero-order valence-electron chi connectivity index (χ0n) is 13.5. The number of allylic oxidation sites excluding steroid dienone is 4. The Morgan fingerprint density at radius 1 is 0.955 bits per heavy atom. The van der Waals surface area contributed by atoms with Crippen LogP contribution in [0.15, 0.2) is 42.0 Å². The van der Waals surface area contributed by atoms with Crippen LogP contribution in [-0.4, -0.2) is 0 Å². The Morgan fingerprint density at radius 2 is 1.64 bits per heavy atom. The zero-order valence-corrected chi connectivity index (χ0v) is 13.5. The molecule has 1 aliphatic carbocycles. The van der Waals surface area contributed by atoms with E-state index in [-0.39, 0.29) is 5.92 Å². The predicted molar refractivity (Wildman–Crippen MR) is 88.9 cm³/mol. The lowest BCUT2D eigenvalue weighted by Crippen LogP contribution is -2.00. The topological polar surface area (TPSA) is 0 Å². The van der Waals surface area contributed by atoms with Gasteiger partial charge in [0.2, 0.25) is 0 Å². The van der Waals surface area contributed by atoms with E-state index in [1.54, 1.807) is 0 Å². The molecule has 2 heteroatoms. The third-order valence-electron chi connectivity index (χ3n) is 4.31. The van der Waals surface area contributed by atoms with Crippen molar-refractivity contribution < 1.29 is 8.78 Å². The highest BCUT2D eigenvalue weighted by atomic mass is 19.1. The van der Waals surface area contributed by atoms with E-state index in [9.17, 15) is 8.78 Å². The van der Waals surface area contributed by atoms with Crippen molar-refractivity contribution in [2.45, 2.75) is 64.2 Å². The van der Waals surface area contributed by atoms with Crippen molar-refractivity contribution in [3.05, 3.63) is 59.2 Å². The SMILES string of the molecule is CCCCCCCCC1=CCC(c2cc(F)cc(F)c2)C=C1. The molecule has 1 aromatic rings.